The fourth-order valence-corrected chi connectivity index (χ4v) is 3.81. The lowest BCUT2D eigenvalue weighted by molar-refractivity contribution is -0.391. The average Bonchev–Trinajstić information content (AvgIpc) is 3.28. The van der Waals surface area contributed by atoms with Crippen LogP contribution in [0.15, 0.2) is 29.4 Å². The first-order valence-electron chi connectivity index (χ1n) is 8.67. The largest absolute Gasteiger partial charge is 0.507 e. The molecule has 1 aromatic carbocycles. The predicted molar refractivity (Wildman–Crippen MR) is 92.8 cm³/mol. The van der Waals surface area contributed by atoms with Gasteiger partial charge in [0.15, 0.2) is 16.3 Å². The Kier molecular flexibility index (Phi) is 4.97. The molecule has 1 unspecified atom stereocenters. The molecule has 0 bridgehead atoms. The highest BCUT2D eigenvalue weighted by Gasteiger charge is 2.65. The maximum absolute atomic E-state index is 13.5. The molecule has 30 heavy (non-hydrogen) atoms. The molecule has 4 rings (SSSR count). The minimum absolute atomic E-state index is 0.0696. The summed E-state index contributed by atoms with van der Waals surface area (Å²) in [6.07, 6.45) is -9.25. The van der Waals surface area contributed by atoms with E-state index in [1.165, 1.54) is 21.7 Å². The van der Waals surface area contributed by atoms with E-state index in [9.17, 15) is 31.9 Å². The summed E-state index contributed by atoms with van der Waals surface area (Å²) in [5, 5.41) is 9.40. The van der Waals surface area contributed by atoms with Crippen molar-refractivity contribution in [3.63, 3.8) is 0 Å². The summed E-state index contributed by atoms with van der Waals surface area (Å²) in [4.78, 5) is 17.9. The molecule has 1 aromatic heterocycles. The third kappa shape index (κ3) is 3.62. The number of carbonyl (C=O) groups is 1. The smallest absolute Gasteiger partial charge is 0.421 e. The van der Waals surface area contributed by atoms with Crippen LogP contribution in [0.25, 0.3) is 5.69 Å². The van der Waals surface area contributed by atoms with Crippen LogP contribution in [0.5, 0.6) is 11.5 Å². The van der Waals surface area contributed by atoms with Crippen molar-refractivity contribution in [1.82, 2.24) is 9.47 Å². The number of ether oxygens (including phenoxy) is 2. The third-order valence-electron chi connectivity index (χ3n) is 4.47. The molecule has 2 amide bonds. The van der Waals surface area contributed by atoms with Gasteiger partial charge in [0.25, 0.3) is 0 Å². The second kappa shape index (κ2) is 7.23. The quantitative estimate of drug-likeness (QED) is 0.713. The number of fused-ring (bicyclic) bond motifs is 1. The van der Waals surface area contributed by atoms with Crippen molar-refractivity contribution >= 4 is 17.4 Å². The number of thiazole rings is 1. The Bertz CT molecular complexity index is 1050. The fraction of sp³-hybridized carbons (Fsp3) is 0.412. The Hall–Kier alpha value is -2.67. The first-order valence-corrected chi connectivity index (χ1v) is 9.49. The maximum atomic E-state index is 13.5. The van der Waals surface area contributed by atoms with E-state index in [0.29, 0.717) is 4.88 Å². The third-order valence-corrected chi connectivity index (χ3v) is 5.44. The molecule has 1 saturated heterocycles. The van der Waals surface area contributed by atoms with Crippen molar-refractivity contribution in [2.75, 3.05) is 13.1 Å². The van der Waals surface area contributed by atoms with Crippen LogP contribution in [0, 0.1) is 0 Å². The number of aliphatic hydroxyl groups excluding tert-OH is 1. The number of carbonyl (C=O) groups excluding carboxylic acids is 1. The molecule has 0 spiro atoms. The summed E-state index contributed by atoms with van der Waals surface area (Å²) >= 11 is 0.944. The molecule has 1 atom stereocenters. The summed E-state index contributed by atoms with van der Waals surface area (Å²) in [5.41, 5.74) is 0.144. The van der Waals surface area contributed by atoms with Gasteiger partial charge in [0, 0.05) is 18.8 Å². The summed E-state index contributed by atoms with van der Waals surface area (Å²) in [7, 11) is 0. The van der Waals surface area contributed by atoms with Crippen molar-refractivity contribution in [3.8, 4) is 17.2 Å². The molecule has 3 heterocycles. The number of hydrogen-bond donors (Lipinski definition) is 1. The van der Waals surface area contributed by atoms with Gasteiger partial charge in [-0.25, -0.2) is 9.18 Å². The fourth-order valence-electron chi connectivity index (χ4n) is 2.98. The van der Waals surface area contributed by atoms with Crippen LogP contribution in [-0.4, -0.2) is 52.1 Å². The number of alkyl halides is 5. The summed E-state index contributed by atoms with van der Waals surface area (Å²) < 4.78 is 76.4. The van der Waals surface area contributed by atoms with Crippen LogP contribution in [0.2, 0.25) is 0 Å². The zero-order valence-corrected chi connectivity index (χ0v) is 15.8. The van der Waals surface area contributed by atoms with Gasteiger partial charge >= 0.3 is 18.2 Å². The van der Waals surface area contributed by atoms with Crippen LogP contribution in [-0.2, 0) is 6.61 Å². The van der Waals surface area contributed by atoms with Gasteiger partial charge in [-0.05, 0) is 18.6 Å². The van der Waals surface area contributed by atoms with Gasteiger partial charge in [-0.2, -0.15) is 22.6 Å². The van der Waals surface area contributed by atoms with E-state index in [1.807, 2.05) is 0 Å². The minimum atomic E-state index is -4.88. The van der Waals surface area contributed by atoms with Crippen molar-refractivity contribution < 1.29 is 41.3 Å². The molecule has 0 aliphatic carbocycles. The molecule has 0 saturated carbocycles. The number of aromatic nitrogens is 1. The summed E-state index contributed by atoms with van der Waals surface area (Å²) in [6.45, 7) is -0.275. The molecule has 0 radical (unpaired) electrons. The number of rotatable bonds is 2. The lowest BCUT2D eigenvalue weighted by Crippen LogP contribution is -2.52. The topological polar surface area (TPSA) is 76.3 Å². The molecular formula is C17H14F5N3O4S. The van der Waals surface area contributed by atoms with E-state index < -0.39 is 35.9 Å². The average molecular weight is 451 g/mol. The Morgan fingerprint density at radius 3 is 2.57 bits per heavy atom. The number of nitrogens with zero attached hydrogens (tertiary/aromatic N) is 3. The molecule has 162 valence electrons. The zero-order valence-electron chi connectivity index (χ0n) is 15.0. The van der Waals surface area contributed by atoms with Crippen LogP contribution in [0.3, 0.4) is 0 Å². The van der Waals surface area contributed by atoms with E-state index in [2.05, 4.69) is 14.5 Å². The van der Waals surface area contributed by atoms with Gasteiger partial charge in [0.05, 0.1) is 23.7 Å². The standard InChI is InChI=1S/C17H14F5N3O4S/c18-9-3-4-24(6-9)14(27)23-15-25(7-11(8-26)30-15)10-1-2-12-13(5-10)29-17(21,22)16(19,20)28-12/h1-2,5,7,9,26H,3-4,6,8H2. The Balaban J connectivity index is 1.72. The molecule has 7 nitrogen and oxygen atoms in total. The lowest BCUT2D eigenvalue weighted by atomic mass is 10.2. The lowest BCUT2D eigenvalue weighted by Gasteiger charge is -2.31. The van der Waals surface area contributed by atoms with Crippen LogP contribution in [0.4, 0.5) is 26.7 Å². The predicted octanol–water partition coefficient (Wildman–Crippen LogP) is 3.05. The van der Waals surface area contributed by atoms with E-state index in [4.69, 9.17) is 0 Å². The Morgan fingerprint density at radius 1 is 1.23 bits per heavy atom. The normalized spacial score (nSPS) is 22.4. The number of aliphatic hydroxyl groups is 1. The van der Waals surface area contributed by atoms with Crippen molar-refractivity contribution in [2.45, 2.75) is 31.4 Å². The van der Waals surface area contributed by atoms with Crippen LogP contribution >= 0.6 is 11.3 Å². The number of halogens is 5. The Labute approximate surface area is 169 Å². The van der Waals surface area contributed by atoms with Crippen LogP contribution in [0.1, 0.15) is 11.3 Å². The van der Waals surface area contributed by atoms with Gasteiger partial charge in [-0.3, -0.25) is 4.57 Å². The highest BCUT2D eigenvalue weighted by Crippen LogP contribution is 2.47. The SMILES string of the molecule is O=C(N=c1sc(CO)cn1-c1ccc2c(c1)OC(F)(F)C(F)(F)O2)N1CCC(F)C1. The number of hydrogen-bond acceptors (Lipinski definition) is 5. The highest BCUT2D eigenvalue weighted by molar-refractivity contribution is 7.09. The Morgan fingerprint density at radius 2 is 1.93 bits per heavy atom. The molecule has 13 heteroatoms. The number of amides is 2. The van der Waals surface area contributed by atoms with E-state index in [0.717, 1.165) is 23.5 Å². The van der Waals surface area contributed by atoms with Crippen molar-refractivity contribution in [3.05, 3.63) is 34.1 Å². The maximum Gasteiger partial charge on any atom is 0.507 e. The van der Waals surface area contributed by atoms with Gasteiger partial charge in [0.2, 0.25) is 0 Å². The molecule has 2 aliphatic rings. The number of urea groups is 1. The van der Waals surface area contributed by atoms with Gasteiger partial charge in [-0.1, -0.05) is 11.3 Å². The van der Waals surface area contributed by atoms with E-state index >= 15 is 0 Å². The first kappa shape index (κ1) is 20.6. The van der Waals surface area contributed by atoms with E-state index in [1.54, 1.807) is 0 Å². The second-order valence-corrected chi connectivity index (χ2v) is 7.70. The van der Waals surface area contributed by atoms with E-state index in [-0.39, 0.29) is 36.6 Å². The molecule has 2 aliphatic heterocycles. The molecule has 1 N–H and O–H groups in total. The van der Waals surface area contributed by atoms with Gasteiger partial charge < -0.3 is 19.5 Å². The van der Waals surface area contributed by atoms with Crippen LogP contribution < -0.4 is 14.3 Å². The summed E-state index contributed by atoms with van der Waals surface area (Å²) in [6, 6.07) is 2.60. The monoisotopic (exact) mass is 451 g/mol. The van der Waals surface area contributed by atoms with Gasteiger partial charge in [-0.15, -0.1) is 0 Å². The molecular weight excluding hydrogens is 437 g/mol. The van der Waals surface area contributed by atoms with Crippen molar-refractivity contribution in [2.24, 2.45) is 4.99 Å². The van der Waals surface area contributed by atoms with Crippen molar-refractivity contribution in [1.29, 1.82) is 0 Å². The molecule has 2 aromatic rings. The second-order valence-electron chi connectivity index (χ2n) is 6.60. The van der Waals surface area contributed by atoms with Gasteiger partial charge in [0.1, 0.15) is 6.17 Å². The number of benzene rings is 1. The highest BCUT2D eigenvalue weighted by atomic mass is 32.1. The first-order chi connectivity index (χ1) is 14.1. The number of likely N-dealkylation sites (tertiary alicyclic amines) is 1. The summed E-state index contributed by atoms with van der Waals surface area (Å²) in [5.74, 6) is -1.22. The zero-order chi connectivity index (χ0) is 21.7. The minimum Gasteiger partial charge on any atom is -0.421 e. The molecule has 1 fully saturated rings.